The molecular weight excluding hydrogens is 270 g/mol. The minimum atomic E-state index is -0.783. The molecule has 108 valence electrons. The highest BCUT2D eigenvalue weighted by atomic mass is 16.5. The van der Waals surface area contributed by atoms with E-state index in [4.69, 9.17) is 9.78 Å². The first-order valence-corrected chi connectivity index (χ1v) is 6.31. The molecule has 0 aliphatic carbocycles. The fourth-order valence-electron chi connectivity index (χ4n) is 1.72. The highest BCUT2D eigenvalue weighted by molar-refractivity contribution is 5.89. The molecule has 0 aliphatic heterocycles. The van der Waals surface area contributed by atoms with E-state index < -0.39 is 11.6 Å². The quantitative estimate of drug-likeness (QED) is 0.900. The summed E-state index contributed by atoms with van der Waals surface area (Å²) < 4.78 is 4.91. The summed E-state index contributed by atoms with van der Waals surface area (Å²) in [6, 6.07) is 8.24. The topological polar surface area (TPSA) is 104 Å². The molecule has 1 aromatic heterocycles. The van der Waals surface area contributed by atoms with Crippen LogP contribution in [0.5, 0.6) is 0 Å². The van der Waals surface area contributed by atoms with Crippen LogP contribution in [0.4, 0.5) is 10.5 Å². The first-order chi connectivity index (χ1) is 9.90. The Morgan fingerprint density at radius 1 is 1.43 bits per heavy atom. The Kier molecular flexibility index (Phi) is 3.89. The molecule has 2 aromatic rings. The Labute approximate surface area is 122 Å². The predicted octanol–water partition coefficient (Wildman–Crippen LogP) is 2.31. The van der Waals surface area contributed by atoms with Crippen LogP contribution in [-0.4, -0.2) is 16.2 Å². The van der Waals surface area contributed by atoms with E-state index in [2.05, 4.69) is 20.8 Å². The van der Waals surface area contributed by atoms with Gasteiger partial charge in [-0.05, 0) is 32.0 Å². The average molecular weight is 285 g/mol. The number of urea groups is 1. The molecule has 0 spiro atoms. The largest absolute Gasteiger partial charge is 0.340 e. The van der Waals surface area contributed by atoms with E-state index in [-0.39, 0.29) is 0 Å². The zero-order valence-corrected chi connectivity index (χ0v) is 12.0. The molecule has 2 rings (SSSR count). The van der Waals surface area contributed by atoms with Crippen LogP contribution in [0.15, 0.2) is 28.8 Å². The van der Waals surface area contributed by atoms with Crippen molar-refractivity contribution in [2.45, 2.75) is 26.3 Å². The van der Waals surface area contributed by atoms with Crippen molar-refractivity contribution in [3.05, 3.63) is 41.5 Å². The highest BCUT2D eigenvalue weighted by Crippen LogP contribution is 2.17. The third kappa shape index (κ3) is 3.57. The number of aryl methyl sites for hydroxylation is 1. The van der Waals surface area contributed by atoms with Gasteiger partial charge in [-0.2, -0.15) is 10.2 Å². The van der Waals surface area contributed by atoms with Crippen molar-refractivity contribution in [1.82, 2.24) is 15.5 Å². The summed E-state index contributed by atoms with van der Waals surface area (Å²) in [6.07, 6.45) is 0. The lowest BCUT2D eigenvalue weighted by Gasteiger charge is -2.22. The van der Waals surface area contributed by atoms with Gasteiger partial charge < -0.3 is 15.2 Å². The van der Waals surface area contributed by atoms with Gasteiger partial charge in [0.25, 0.3) is 0 Å². The summed E-state index contributed by atoms with van der Waals surface area (Å²) in [4.78, 5) is 16.1. The van der Waals surface area contributed by atoms with Crippen LogP contribution in [0, 0.1) is 18.3 Å². The number of aromatic nitrogens is 2. The van der Waals surface area contributed by atoms with Gasteiger partial charge in [-0.3, -0.25) is 0 Å². The molecule has 7 heteroatoms. The third-order valence-electron chi connectivity index (χ3n) is 2.76. The second kappa shape index (κ2) is 5.63. The molecule has 2 N–H and O–H groups in total. The van der Waals surface area contributed by atoms with Crippen LogP contribution in [0.25, 0.3) is 0 Å². The molecular formula is C14H15N5O2. The smallest absolute Gasteiger partial charge is 0.320 e. The summed E-state index contributed by atoms with van der Waals surface area (Å²) in [5.74, 6) is 0.822. The van der Waals surface area contributed by atoms with E-state index in [9.17, 15) is 4.79 Å². The van der Waals surface area contributed by atoms with Gasteiger partial charge in [0.05, 0.1) is 17.2 Å². The Morgan fingerprint density at radius 3 is 2.81 bits per heavy atom. The van der Waals surface area contributed by atoms with Crippen molar-refractivity contribution < 1.29 is 9.32 Å². The zero-order chi connectivity index (χ0) is 15.5. The van der Waals surface area contributed by atoms with Gasteiger partial charge >= 0.3 is 6.03 Å². The van der Waals surface area contributed by atoms with Gasteiger partial charge in [0.2, 0.25) is 5.89 Å². The van der Waals surface area contributed by atoms with Crippen LogP contribution in [0.2, 0.25) is 0 Å². The second-order valence-corrected chi connectivity index (χ2v) is 5.03. The van der Waals surface area contributed by atoms with Crippen LogP contribution < -0.4 is 10.6 Å². The molecule has 1 aromatic carbocycles. The molecule has 0 saturated heterocycles. The van der Waals surface area contributed by atoms with Crippen molar-refractivity contribution >= 4 is 11.7 Å². The number of hydrogen-bond donors (Lipinski definition) is 2. The number of amides is 2. The monoisotopic (exact) mass is 285 g/mol. The van der Waals surface area contributed by atoms with Gasteiger partial charge in [-0.1, -0.05) is 11.2 Å². The molecule has 0 unspecified atom stereocenters. The van der Waals surface area contributed by atoms with Crippen molar-refractivity contribution in [2.24, 2.45) is 0 Å². The Balaban J connectivity index is 2.06. The SMILES string of the molecule is Cc1nc(C(C)(C)NC(=O)Nc2cccc(C#N)c2)no1. The van der Waals surface area contributed by atoms with Crippen molar-refractivity contribution in [2.75, 3.05) is 5.32 Å². The molecule has 0 saturated carbocycles. The highest BCUT2D eigenvalue weighted by Gasteiger charge is 2.28. The Bertz CT molecular complexity index is 699. The number of hydrogen-bond acceptors (Lipinski definition) is 5. The van der Waals surface area contributed by atoms with E-state index in [1.165, 1.54) is 0 Å². The Hall–Kier alpha value is -2.88. The molecule has 0 fully saturated rings. The van der Waals surface area contributed by atoms with E-state index in [0.717, 1.165) is 0 Å². The van der Waals surface area contributed by atoms with Crippen LogP contribution in [-0.2, 0) is 5.54 Å². The van der Waals surface area contributed by atoms with E-state index in [1.54, 1.807) is 45.0 Å². The van der Waals surface area contributed by atoms with Gasteiger partial charge in [0.1, 0.15) is 0 Å². The molecule has 0 atom stereocenters. The third-order valence-corrected chi connectivity index (χ3v) is 2.76. The Morgan fingerprint density at radius 2 is 2.19 bits per heavy atom. The minimum absolute atomic E-state index is 0.390. The molecule has 0 bridgehead atoms. The fraction of sp³-hybridized carbons (Fsp3) is 0.286. The molecule has 21 heavy (non-hydrogen) atoms. The number of carbonyl (C=O) groups excluding carboxylic acids is 1. The first-order valence-electron chi connectivity index (χ1n) is 6.31. The maximum Gasteiger partial charge on any atom is 0.320 e. The molecule has 0 aliphatic rings. The zero-order valence-electron chi connectivity index (χ0n) is 12.0. The number of nitrogens with one attached hydrogen (secondary N) is 2. The number of nitriles is 1. The van der Waals surface area contributed by atoms with Gasteiger partial charge in [0, 0.05) is 12.6 Å². The normalized spacial score (nSPS) is 10.8. The minimum Gasteiger partial charge on any atom is -0.340 e. The summed E-state index contributed by atoms with van der Waals surface area (Å²) in [5, 5.41) is 18.0. The van der Waals surface area contributed by atoms with Gasteiger partial charge in [-0.15, -0.1) is 0 Å². The van der Waals surface area contributed by atoms with Crippen LogP contribution in [0.3, 0.4) is 0 Å². The van der Waals surface area contributed by atoms with Crippen molar-refractivity contribution in [1.29, 1.82) is 5.26 Å². The van der Waals surface area contributed by atoms with E-state index in [1.807, 2.05) is 6.07 Å². The van der Waals surface area contributed by atoms with Crippen LogP contribution in [0.1, 0.15) is 31.1 Å². The average Bonchev–Trinajstić information content (AvgIpc) is 2.86. The van der Waals surface area contributed by atoms with Crippen LogP contribution >= 0.6 is 0 Å². The number of anilines is 1. The molecule has 2 amide bonds. The summed E-state index contributed by atoms with van der Waals surface area (Å²) in [5.41, 5.74) is 0.224. The second-order valence-electron chi connectivity index (χ2n) is 5.03. The van der Waals surface area contributed by atoms with Crippen molar-refractivity contribution in [3.8, 4) is 6.07 Å². The van der Waals surface area contributed by atoms with E-state index in [0.29, 0.717) is 23.0 Å². The number of nitrogens with zero attached hydrogens (tertiary/aromatic N) is 3. The lowest BCUT2D eigenvalue weighted by molar-refractivity contribution is 0.239. The first kappa shape index (κ1) is 14.5. The molecule has 0 radical (unpaired) electrons. The van der Waals surface area contributed by atoms with Gasteiger partial charge in [-0.25, -0.2) is 4.79 Å². The number of rotatable bonds is 3. The maximum atomic E-state index is 12.0. The number of benzene rings is 1. The fourth-order valence-corrected chi connectivity index (χ4v) is 1.72. The molecule has 7 nitrogen and oxygen atoms in total. The molecule has 1 heterocycles. The lowest BCUT2D eigenvalue weighted by Crippen LogP contribution is -2.44. The lowest BCUT2D eigenvalue weighted by atomic mass is 10.1. The standard InChI is InChI=1S/C14H15N5O2/c1-9-16-12(19-21-9)14(2,3)18-13(20)17-11-6-4-5-10(7-11)8-15/h4-7H,1-3H3,(H2,17,18,20). The number of carbonyl (C=O) groups is 1. The summed E-state index contributed by atoms with van der Waals surface area (Å²) in [7, 11) is 0. The summed E-state index contributed by atoms with van der Waals surface area (Å²) >= 11 is 0. The maximum absolute atomic E-state index is 12.0. The summed E-state index contributed by atoms with van der Waals surface area (Å²) in [6.45, 7) is 5.21. The van der Waals surface area contributed by atoms with Gasteiger partial charge in [0.15, 0.2) is 5.82 Å². The van der Waals surface area contributed by atoms with Crippen molar-refractivity contribution in [3.63, 3.8) is 0 Å². The predicted molar refractivity (Wildman–Crippen MR) is 75.4 cm³/mol. The van der Waals surface area contributed by atoms with E-state index >= 15 is 0 Å².